The van der Waals surface area contributed by atoms with E-state index in [-0.39, 0.29) is 0 Å². The van der Waals surface area contributed by atoms with Crippen molar-refractivity contribution in [2.75, 3.05) is 14.7 Å². The molecule has 0 amide bonds. The normalized spacial score (nSPS) is 11.4. The number of hydrogen-bond acceptors (Lipinski definition) is 5. The summed E-state index contributed by atoms with van der Waals surface area (Å²) < 4.78 is 9.53. The van der Waals surface area contributed by atoms with Crippen LogP contribution in [0.15, 0.2) is 229 Å². The van der Waals surface area contributed by atoms with E-state index in [0.717, 1.165) is 73.1 Å². The standard InChI is InChI=1S/C54H37N3OS/c1-6-18-38(19-7-1)55(39-20-8-2-9-21-39)43-30-32-50-48(35-43)54-49(57(41-24-12-4-13-25-41)42-26-14-5-15-27-42)36-45(37-51(54)58-50)56(40-22-10-3-11-23-40)44-31-33-53-47(34-44)46-28-16-17-29-52(46)59-53/h1-37H. The Kier molecular flexibility index (Phi) is 8.64. The Morgan fingerprint density at radius 1 is 0.288 bits per heavy atom. The molecule has 280 valence electrons. The van der Waals surface area contributed by atoms with Crippen LogP contribution in [0.4, 0.5) is 51.2 Å². The number of rotatable bonds is 9. The number of fused-ring (bicyclic) bond motifs is 6. The van der Waals surface area contributed by atoms with Crippen LogP contribution >= 0.6 is 11.3 Å². The summed E-state index contributed by atoms with van der Waals surface area (Å²) in [5.41, 5.74) is 11.1. The molecule has 0 atom stereocenters. The second kappa shape index (κ2) is 14.7. The van der Waals surface area contributed by atoms with Gasteiger partial charge in [0.1, 0.15) is 11.2 Å². The molecule has 0 aliphatic heterocycles. The molecule has 59 heavy (non-hydrogen) atoms. The zero-order valence-electron chi connectivity index (χ0n) is 32.0. The Balaban J connectivity index is 1.20. The van der Waals surface area contributed by atoms with Gasteiger partial charge in [0.2, 0.25) is 0 Å². The number of furan rings is 1. The van der Waals surface area contributed by atoms with Crippen molar-refractivity contribution < 1.29 is 4.42 Å². The molecule has 5 heteroatoms. The topological polar surface area (TPSA) is 22.9 Å². The third-order valence-corrected chi connectivity index (χ3v) is 12.1. The van der Waals surface area contributed by atoms with Crippen LogP contribution in [0.1, 0.15) is 0 Å². The first-order valence-corrected chi connectivity index (χ1v) is 20.7. The van der Waals surface area contributed by atoms with Crippen molar-refractivity contribution in [3.05, 3.63) is 224 Å². The molecule has 0 N–H and O–H groups in total. The highest BCUT2D eigenvalue weighted by Crippen LogP contribution is 2.49. The maximum atomic E-state index is 6.97. The number of nitrogens with zero attached hydrogens (tertiary/aromatic N) is 3. The van der Waals surface area contributed by atoms with Crippen LogP contribution in [0.5, 0.6) is 0 Å². The summed E-state index contributed by atoms with van der Waals surface area (Å²) in [6, 6.07) is 79.6. The second-order valence-corrected chi connectivity index (χ2v) is 15.7. The van der Waals surface area contributed by atoms with E-state index in [9.17, 15) is 0 Å². The first-order chi connectivity index (χ1) is 29.3. The molecule has 0 saturated heterocycles. The predicted molar refractivity (Wildman–Crippen MR) is 251 cm³/mol. The maximum Gasteiger partial charge on any atom is 0.139 e. The highest BCUT2D eigenvalue weighted by Gasteiger charge is 2.25. The van der Waals surface area contributed by atoms with E-state index in [1.165, 1.54) is 20.2 Å². The van der Waals surface area contributed by atoms with E-state index in [2.05, 4.69) is 239 Å². The zero-order chi connectivity index (χ0) is 39.1. The molecule has 0 radical (unpaired) electrons. The van der Waals surface area contributed by atoms with Crippen LogP contribution in [-0.4, -0.2) is 0 Å². The van der Waals surface area contributed by atoms with Gasteiger partial charge in [-0.3, -0.25) is 0 Å². The highest BCUT2D eigenvalue weighted by atomic mass is 32.1. The SMILES string of the molecule is c1ccc(N(c2cc(N(c3ccccc3)c3ccccc3)c3c(c2)oc2ccc(N(c4ccccc4)c4ccccc4)cc23)c2ccc3sc4ccccc4c3c2)cc1. The molecular formula is C54H37N3OS. The average molecular weight is 776 g/mol. The van der Waals surface area contributed by atoms with Crippen LogP contribution in [0.3, 0.4) is 0 Å². The molecule has 2 aromatic heterocycles. The fraction of sp³-hybridized carbons (Fsp3) is 0. The molecule has 11 rings (SSSR count). The smallest absolute Gasteiger partial charge is 0.139 e. The van der Waals surface area contributed by atoms with E-state index in [1.807, 2.05) is 11.3 Å². The maximum absolute atomic E-state index is 6.97. The lowest BCUT2D eigenvalue weighted by Crippen LogP contribution is -2.13. The molecule has 4 nitrogen and oxygen atoms in total. The minimum Gasteiger partial charge on any atom is -0.456 e. The Hall–Kier alpha value is -7.60. The molecule has 0 bridgehead atoms. The number of hydrogen-bond donors (Lipinski definition) is 0. The van der Waals surface area contributed by atoms with E-state index in [1.54, 1.807) is 0 Å². The van der Waals surface area contributed by atoms with Gasteiger partial charge >= 0.3 is 0 Å². The van der Waals surface area contributed by atoms with Crippen molar-refractivity contribution in [2.24, 2.45) is 0 Å². The van der Waals surface area contributed by atoms with Crippen LogP contribution < -0.4 is 14.7 Å². The minimum atomic E-state index is 0.801. The van der Waals surface area contributed by atoms with Gasteiger partial charge in [0, 0.05) is 71.4 Å². The monoisotopic (exact) mass is 775 g/mol. The molecular weight excluding hydrogens is 739 g/mol. The molecule has 0 fully saturated rings. The number of benzene rings is 9. The van der Waals surface area contributed by atoms with Gasteiger partial charge in [-0.05, 0) is 109 Å². The predicted octanol–water partition coefficient (Wildman–Crippen LogP) is 16.4. The van der Waals surface area contributed by atoms with Gasteiger partial charge < -0.3 is 19.1 Å². The summed E-state index contributed by atoms with van der Waals surface area (Å²) in [5.74, 6) is 0. The average Bonchev–Trinajstić information content (AvgIpc) is 3.86. The first-order valence-electron chi connectivity index (χ1n) is 19.8. The van der Waals surface area contributed by atoms with Crippen LogP contribution in [0, 0.1) is 0 Å². The quantitative estimate of drug-likeness (QED) is 0.146. The van der Waals surface area contributed by atoms with Crippen molar-refractivity contribution in [3.8, 4) is 0 Å². The molecule has 0 unspecified atom stereocenters. The van der Waals surface area contributed by atoms with Gasteiger partial charge in [-0.1, -0.05) is 109 Å². The Morgan fingerprint density at radius 2 is 0.729 bits per heavy atom. The summed E-state index contributed by atoms with van der Waals surface area (Å²) in [6.45, 7) is 0. The van der Waals surface area contributed by atoms with E-state index < -0.39 is 0 Å². The molecule has 0 spiro atoms. The molecule has 0 saturated carbocycles. The summed E-state index contributed by atoms with van der Waals surface area (Å²) >= 11 is 1.84. The summed E-state index contributed by atoms with van der Waals surface area (Å²) in [5, 5.41) is 4.58. The van der Waals surface area contributed by atoms with E-state index >= 15 is 0 Å². The Bertz CT molecular complexity index is 3140. The summed E-state index contributed by atoms with van der Waals surface area (Å²) in [7, 11) is 0. The summed E-state index contributed by atoms with van der Waals surface area (Å²) in [4.78, 5) is 7.02. The molecule has 0 aliphatic carbocycles. The van der Waals surface area contributed by atoms with Crippen LogP contribution in [0.25, 0.3) is 42.1 Å². The van der Waals surface area contributed by atoms with Gasteiger partial charge in [0.15, 0.2) is 0 Å². The van der Waals surface area contributed by atoms with Gasteiger partial charge in [-0.25, -0.2) is 0 Å². The van der Waals surface area contributed by atoms with Crippen molar-refractivity contribution in [1.29, 1.82) is 0 Å². The lowest BCUT2D eigenvalue weighted by atomic mass is 10.0. The number of para-hydroxylation sites is 5. The fourth-order valence-corrected chi connectivity index (χ4v) is 9.45. The van der Waals surface area contributed by atoms with Gasteiger partial charge in [-0.15, -0.1) is 11.3 Å². The van der Waals surface area contributed by atoms with Gasteiger partial charge in [-0.2, -0.15) is 0 Å². The van der Waals surface area contributed by atoms with Crippen molar-refractivity contribution in [3.63, 3.8) is 0 Å². The molecule has 2 heterocycles. The Morgan fingerprint density at radius 3 is 1.29 bits per heavy atom. The van der Waals surface area contributed by atoms with Crippen molar-refractivity contribution >= 4 is 105 Å². The Labute approximate surface area is 346 Å². The fourth-order valence-electron chi connectivity index (χ4n) is 8.36. The number of anilines is 9. The van der Waals surface area contributed by atoms with E-state index in [4.69, 9.17) is 4.42 Å². The van der Waals surface area contributed by atoms with Crippen LogP contribution in [-0.2, 0) is 0 Å². The third kappa shape index (κ3) is 6.25. The van der Waals surface area contributed by atoms with Gasteiger partial charge in [0.05, 0.1) is 16.8 Å². The van der Waals surface area contributed by atoms with Gasteiger partial charge in [0.25, 0.3) is 0 Å². The minimum absolute atomic E-state index is 0.801. The largest absolute Gasteiger partial charge is 0.456 e. The zero-order valence-corrected chi connectivity index (χ0v) is 32.8. The lowest BCUT2D eigenvalue weighted by molar-refractivity contribution is 0.669. The molecule has 11 aromatic rings. The first kappa shape index (κ1) is 34.6. The molecule has 9 aromatic carbocycles. The third-order valence-electron chi connectivity index (χ3n) is 11.0. The summed E-state index contributed by atoms with van der Waals surface area (Å²) in [6.07, 6.45) is 0. The lowest BCUT2D eigenvalue weighted by Gasteiger charge is -2.30. The second-order valence-electron chi connectivity index (χ2n) is 14.6. The number of thiophene rings is 1. The molecule has 0 aliphatic rings. The highest BCUT2D eigenvalue weighted by molar-refractivity contribution is 7.25. The van der Waals surface area contributed by atoms with E-state index in [0.29, 0.717) is 0 Å². The van der Waals surface area contributed by atoms with Crippen molar-refractivity contribution in [2.45, 2.75) is 0 Å². The van der Waals surface area contributed by atoms with Crippen LogP contribution in [0.2, 0.25) is 0 Å². The van der Waals surface area contributed by atoms with Crippen molar-refractivity contribution in [1.82, 2.24) is 0 Å².